The molecule has 3 nitrogen and oxygen atoms in total. The van der Waals surface area contributed by atoms with Gasteiger partial charge in [0.05, 0.1) is 12.5 Å². The molecule has 3 heteroatoms. The van der Waals surface area contributed by atoms with Crippen molar-refractivity contribution in [3.8, 4) is 0 Å². The van der Waals surface area contributed by atoms with Gasteiger partial charge in [-0.2, -0.15) is 0 Å². The van der Waals surface area contributed by atoms with Gasteiger partial charge in [0.15, 0.2) is 0 Å². The molecule has 0 radical (unpaired) electrons. The van der Waals surface area contributed by atoms with Crippen molar-refractivity contribution in [3.05, 3.63) is 35.4 Å². The number of nitrogens with one attached hydrogen (secondary N) is 1. The molecule has 0 spiro atoms. The van der Waals surface area contributed by atoms with Gasteiger partial charge in [-0.05, 0) is 24.5 Å². The Bertz CT molecular complexity index is 349. The van der Waals surface area contributed by atoms with E-state index in [1.807, 2.05) is 25.1 Å². The van der Waals surface area contributed by atoms with E-state index in [1.165, 1.54) is 5.56 Å². The van der Waals surface area contributed by atoms with Crippen molar-refractivity contribution in [1.29, 1.82) is 0 Å². The van der Waals surface area contributed by atoms with Crippen molar-refractivity contribution < 1.29 is 9.63 Å². The second kappa shape index (κ2) is 3.80. The summed E-state index contributed by atoms with van der Waals surface area (Å²) in [5, 5.41) is 0. The summed E-state index contributed by atoms with van der Waals surface area (Å²) in [7, 11) is 0. The van der Waals surface area contributed by atoms with Gasteiger partial charge in [0.2, 0.25) is 0 Å². The van der Waals surface area contributed by atoms with Crippen LogP contribution in [0.5, 0.6) is 0 Å². The van der Waals surface area contributed by atoms with E-state index >= 15 is 0 Å². The molecular formula is C11H13NO2. The summed E-state index contributed by atoms with van der Waals surface area (Å²) in [6, 6.07) is 8.00. The molecule has 0 saturated heterocycles. The quantitative estimate of drug-likeness (QED) is 0.733. The second-order valence-electron chi connectivity index (χ2n) is 3.35. The van der Waals surface area contributed by atoms with Crippen LogP contribution in [0.3, 0.4) is 0 Å². The van der Waals surface area contributed by atoms with Gasteiger partial charge in [0.1, 0.15) is 0 Å². The van der Waals surface area contributed by atoms with Crippen LogP contribution in [0, 0.1) is 0 Å². The maximum Gasteiger partial charge on any atom is 0.251 e. The van der Waals surface area contributed by atoms with Gasteiger partial charge in [-0.15, -0.1) is 0 Å². The van der Waals surface area contributed by atoms with Crippen molar-refractivity contribution in [3.63, 3.8) is 0 Å². The Hall–Kier alpha value is -1.35. The molecule has 14 heavy (non-hydrogen) atoms. The average molecular weight is 191 g/mol. The predicted molar refractivity (Wildman–Crippen MR) is 52.7 cm³/mol. The van der Waals surface area contributed by atoms with Crippen LogP contribution in [-0.2, 0) is 16.1 Å². The lowest BCUT2D eigenvalue weighted by Gasteiger charge is -2.28. The minimum Gasteiger partial charge on any atom is -0.274 e. The Balaban J connectivity index is 2.01. The maximum atomic E-state index is 11.5. The number of carbonyl (C=O) groups is 1. The summed E-state index contributed by atoms with van der Waals surface area (Å²) in [6.45, 7) is 2.34. The number of benzene rings is 1. The first kappa shape index (κ1) is 9.21. The van der Waals surface area contributed by atoms with Gasteiger partial charge in [-0.3, -0.25) is 9.63 Å². The number of hydroxylamine groups is 1. The Morgan fingerprint density at radius 3 is 3.07 bits per heavy atom. The Kier molecular flexibility index (Phi) is 2.50. The van der Waals surface area contributed by atoms with E-state index in [9.17, 15) is 4.79 Å². The normalized spacial score (nSPS) is 18.2. The summed E-state index contributed by atoms with van der Waals surface area (Å²) < 4.78 is 0. The van der Waals surface area contributed by atoms with Crippen molar-refractivity contribution >= 4 is 5.91 Å². The molecule has 1 N–H and O–H groups in total. The van der Waals surface area contributed by atoms with Crippen molar-refractivity contribution in [2.75, 3.05) is 6.61 Å². The zero-order chi connectivity index (χ0) is 9.97. The average Bonchev–Trinajstić information content (AvgIpc) is 2.17. The van der Waals surface area contributed by atoms with Crippen LogP contribution in [0.1, 0.15) is 24.0 Å². The van der Waals surface area contributed by atoms with Crippen LogP contribution >= 0.6 is 0 Å². The lowest BCUT2D eigenvalue weighted by atomic mass is 9.77. The zero-order valence-corrected chi connectivity index (χ0v) is 8.12. The van der Waals surface area contributed by atoms with E-state index in [4.69, 9.17) is 4.84 Å². The van der Waals surface area contributed by atoms with E-state index in [0.29, 0.717) is 6.61 Å². The van der Waals surface area contributed by atoms with Gasteiger partial charge in [0.25, 0.3) is 5.91 Å². The van der Waals surface area contributed by atoms with Gasteiger partial charge < -0.3 is 0 Å². The van der Waals surface area contributed by atoms with Gasteiger partial charge in [-0.25, -0.2) is 5.48 Å². The SMILES string of the molecule is CCONC(=O)C1Cc2ccccc21. The first-order valence-corrected chi connectivity index (χ1v) is 4.82. The fourth-order valence-corrected chi connectivity index (χ4v) is 1.71. The molecule has 1 aliphatic rings. The van der Waals surface area contributed by atoms with E-state index in [-0.39, 0.29) is 11.8 Å². The van der Waals surface area contributed by atoms with Crippen LogP contribution in [-0.4, -0.2) is 12.5 Å². The van der Waals surface area contributed by atoms with Gasteiger partial charge in [0, 0.05) is 0 Å². The highest BCUT2D eigenvalue weighted by Gasteiger charge is 2.31. The molecule has 1 atom stereocenters. The van der Waals surface area contributed by atoms with E-state index in [1.54, 1.807) is 0 Å². The monoisotopic (exact) mass is 191 g/mol. The molecule has 1 aromatic rings. The third-order valence-corrected chi connectivity index (χ3v) is 2.49. The number of fused-ring (bicyclic) bond motifs is 1. The second-order valence-corrected chi connectivity index (χ2v) is 3.35. The minimum absolute atomic E-state index is 0.0160. The Morgan fingerprint density at radius 1 is 1.57 bits per heavy atom. The predicted octanol–water partition coefficient (Wildman–Crippen LogP) is 1.39. The molecule has 1 aliphatic carbocycles. The standard InChI is InChI=1S/C11H13NO2/c1-2-14-12-11(13)10-7-8-5-3-4-6-9(8)10/h3-6,10H,2,7H2,1H3,(H,12,13). The van der Waals surface area contributed by atoms with Crippen LogP contribution < -0.4 is 5.48 Å². The molecule has 1 aromatic carbocycles. The topological polar surface area (TPSA) is 38.3 Å². The van der Waals surface area contributed by atoms with E-state index < -0.39 is 0 Å². The van der Waals surface area contributed by atoms with Crippen LogP contribution in [0.25, 0.3) is 0 Å². The number of rotatable bonds is 3. The number of amides is 1. The molecule has 2 rings (SSSR count). The number of hydrogen-bond acceptors (Lipinski definition) is 2. The molecule has 74 valence electrons. The molecule has 1 unspecified atom stereocenters. The molecule has 0 saturated carbocycles. The van der Waals surface area contributed by atoms with Gasteiger partial charge >= 0.3 is 0 Å². The highest BCUT2D eigenvalue weighted by molar-refractivity contribution is 5.86. The molecular weight excluding hydrogens is 178 g/mol. The molecule has 0 bridgehead atoms. The fraction of sp³-hybridized carbons (Fsp3) is 0.364. The largest absolute Gasteiger partial charge is 0.274 e. The highest BCUT2D eigenvalue weighted by Crippen LogP contribution is 2.34. The van der Waals surface area contributed by atoms with Crippen molar-refractivity contribution in [2.24, 2.45) is 0 Å². The smallest absolute Gasteiger partial charge is 0.251 e. The third-order valence-electron chi connectivity index (χ3n) is 2.49. The zero-order valence-electron chi connectivity index (χ0n) is 8.12. The van der Waals surface area contributed by atoms with E-state index in [0.717, 1.165) is 12.0 Å². The first-order valence-electron chi connectivity index (χ1n) is 4.82. The fourth-order valence-electron chi connectivity index (χ4n) is 1.71. The lowest BCUT2D eigenvalue weighted by molar-refractivity contribution is -0.135. The molecule has 0 aliphatic heterocycles. The van der Waals surface area contributed by atoms with Gasteiger partial charge in [-0.1, -0.05) is 24.3 Å². The molecule has 0 heterocycles. The minimum atomic E-state index is -0.0365. The Morgan fingerprint density at radius 2 is 2.36 bits per heavy atom. The highest BCUT2D eigenvalue weighted by atomic mass is 16.6. The van der Waals surface area contributed by atoms with Crippen molar-refractivity contribution in [2.45, 2.75) is 19.3 Å². The van der Waals surface area contributed by atoms with Crippen LogP contribution in [0.2, 0.25) is 0 Å². The summed E-state index contributed by atoms with van der Waals surface area (Å²) in [6.07, 6.45) is 0.828. The summed E-state index contributed by atoms with van der Waals surface area (Å²) in [4.78, 5) is 16.4. The summed E-state index contributed by atoms with van der Waals surface area (Å²) in [5.74, 6) is -0.0525. The molecule has 1 amide bonds. The summed E-state index contributed by atoms with van der Waals surface area (Å²) >= 11 is 0. The lowest BCUT2D eigenvalue weighted by Crippen LogP contribution is -2.35. The van der Waals surface area contributed by atoms with E-state index in [2.05, 4.69) is 11.5 Å². The first-order chi connectivity index (χ1) is 6.83. The summed E-state index contributed by atoms with van der Waals surface area (Å²) in [5.41, 5.74) is 4.83. The number of carbonyl (C=O) groups excluding carboxylic acids is 1. The van der Waals surface area contributed by atoms with Crippen LogP contribution in [0.15, 0.2) is 24.3 Å². The van der Waals surface area contributed by atoms with Crippen LogP contribution in [0.4, 0.5) is 0 Å². The maximum absolute atomic E-state index is 11.5. The number of hydrogen-bond donors (Lipinski definition) is 1. The third kappa shape index (κ3) is 1.51. The van der Waals surface area contributed by atoms with Crippen molar-refractivity contribution in [1.82, 2.24) is 5.48 Å². The molecule has 0 aromatic heterocycles. The Labute approximate surface area is 83.0 Å². The molecule has 0 fully saturated rings.